The zero-order chi connectivity index (χ0) is 22.6. The van der Waals surface area contributed by atoms with E-state index in [4.69, 9.17) is 9.47 Å². The molecule has 0 aromatic heterocycles. The summed E-state index contributed by atoms with van der Waals surface area (Å²) >= 11 is 0. The lowest BCUT2D eigenvalue weighted by atomic mass is 9.47. The molecule has 2 N–H and O–H groups in total. The Morgan fingerprint density at radius 2 is 1.84 bits per heavy atom. The van der Waals surface area contributed by atoms with E-state index in [0.717, 1.165) is 38.7 Å². The van der Waals surface area contributed by atoms with Crippen LogP contribution in [0.5, 0.6) is 0 Å². The van der Waals surface area contributed by atoms with E-state index in [-0.39, 0.29) is 29.1 Å². The molecule has 6 rings (SSSR count). The Morgan fingerprint density at radius 3 is 2.56 bits per heavy atom. The van der Waals surface area contributed by atoms with E-state index < -0.39 is 23.4 Å². The number of carbonyl (C=O) groups is 1. The Balaban J connectivity index is 1.35. The highest BCUT2D eigenvalue weighted by Crippen LogP contribution is 2.69. The van der Waals surface area contributed by atoms with Gasteiger partial charge in [0.1, 0.15) is 0 Å². The predicted molar refractivity (Wildman–Crippen MR) is 119 cm³/mol. The van der Waals surface area contributed by atoms with Gasteiger partial charge in [0.25, 0.3) is 0 Å². The molecule has 178 valence electrons. The summed E-state index contributed by atoms with van der Waals surface area (Å²) in [5, 5.41) is 20.8. The quantitative estimate of drug-likeness (QED) is 0.593. The lowest BCUT2D eigenvalue weighted by molar-refractivity contribution is -0.271. The van der Waals surface area contributed by atoms with Gasteiger partial charge in [0.15, 0.2) is 11.6 Å². The van der Waals surface area contributed by atoms with Crippen molar-refractivity contribution >= 4 is 5.78 Å². The number of allylic oxidation sites excluding steroid dienone is 2. The summed E-state index contributed by atoms with van der Waals surface area (Å²) in [6, 6.07) is 0. The van der Waals surface area contributed by atoms with Crippen LogP contribution in [0.1, 0.15) is 72.6 Å². The molecular formula is C27H40O5. The number of hydrogen-bond acceptors (Lipinski definition) is 5. The molecule has 3 saturated carbocycles. The van der Waals surface area contributed by atoms with Crippen molar-refractivity contribution in [3.05, 3.63) is 11.6 Å². The minimum absolute atomic E-state index is 0.0920. The van der Waals surface area contributed by atoms with Gasteiger partial charge in [-0.15, -0.1) is 0 Å². The smallest absolute Gasteiger partial charge is 0.171 e. The highest BCUT2D eigenvalue weighted by molar-refractivity contribution is 5.97. The summed E-state index contributed by atoms with van der Waals surface area (Å²) in [6.45, 7) is 9.70. The van der Waals surface area contributed by atoms with Crippen molar-refractivity contribution in [3.63, 3.8) is 0 Å². The fraction of sp³-hybridized carbons (Fsp3) is 0.889. The lowest BCUT2D eigenvalue weighted by Gasteiger charge is -2.57. The molecule has 0 radical (unpaired) electrons. The van der Waals surface area contributed by atoms with E-state index >= 15 is 0 Å². The summed E-state index contributed by atoms with van der Waals surface area (Å²) in [4.78, 5) is 13.9. The summed E-state index contributed by atoms with van der Waals surface area (Å²) in [5.41, 5.74) is 0.675. The van der Waals surface area contributed by atoms with Crippen LogP contribution in [0.3, 0.4) is 0 Å². The first kappa shape index (κ1) is 21.8. The first-order valence-electron chi connectivity index (χ1n) is 13.0. The van der Waals surface area contributed by atoms with E-state index in [2.05, 4.69) is 27.7 Å². The van der Waals surface area contributed by atoms with Gasteiger partial charge in [0.2, 0.25) is 0 Å². The third-order valence-electron chi connectivity index (χ3n) is 11.2. The number of carbonyl (C=O) groups excluding carboxylic acids is 1. The molecule has 2 aliphatic heterocycles. The zero-order valence-electron chi connectivity index (χ0n) is 20.0. The molecule has 5 heteroatoms. The van der Waals surface area contributed by atoms with Gasteiger partial charge >= 0.3 is 0 Å². The average molecular weight is 445 g/mol. The molecule has 0 aromatic rings. The van der Waals surface area contributed by atoms with Gasteiger partial charge in [-0.05, 0) is 73.7 Å². The van der Waals surface area contributed by atoms with Crippen LogP contribution in [0, 0.1) is 46.3 Å². The molecule has 4 unspecified atom stereocenters. The van der Waals surface area contributed by atoms with Gasteiger partial charge in [0, 0.05) is 23.7 Å². The molecule has 0 aromatic carbocycles. The van der Waals surface area contributed by atoms with Crippen LogP contribution in [0.2, 0.25) is 0 Å². The van der Waals surface area contributed by atoms with Gasteiger partial charge in [-0.2, -0.15) is 0 Å². The molecule has 0 amide bonds. The van der Waals surface area contributed by atoms with Crippen LogP contribution >= 0.6 is 0 Å². The molecule has 1 spiro atoms. The maximum Gasteiger partial charge on any atom is 0.171 e. The Kier molecular flexibility index (Phi) is 4.69. The molecule has 5 nitrogen and oxygen atoms in total. The second-order valence-corrected chi connectivity index (χ2v) is 12.7. The van der Waals surface area contributed by atoms with Crippen molar-refractivity contribution in [1.29, 1.82) is 0 Å². The second-order valence-electron chi connectivity index (χ2n) is 12.7. The summed E-state index contributed by atoms with van der Waals surface area (Å²) in [7, 11) is 0. The Hall–Kier alpha value is -0.750. The number of rotatable bonds is 0. The van der Waals surface area contributed by atoms with Gasteiger partial charge in [-0.25, -0.2) is 0 Å². The molecule has 12 atom stereocenters. The largest absolute Gasteiger partial charge is 0.390 e. The van der Waals surface area contributed by atoms with Gasteiger partial charge in [-0.1, -0.05) is 33.3 Å². The SMILES string of the molecule is C[C@@H]1CC[C@@]2(OC1)OC1CC3C4CC[C@H]5C[C@@H](O)[C@H](O)C[C@]5(C)C4=CC(=O)[C@]3(C)C1[C@@H]2C. The number of ketones is 1. The maximum absolute atomic E-state index is 13.9. The predicted octanol–water partition coefficient (Wildman–Crippen LogP) is 3.86. The third kappa shape index (κ3) is 2.63. The second kappa shape index (κ2) is 6.90. The van der Waals surface area contributed by atoms with Gasteiger partial charge < -0.3 is 19.7 Å². The van der Waals surface area contributed by atoms with Crippen molar-refractivity contribution in [1.82, 2.24) is 0 Å². The normalized spacial score (nSPS) is 59.2. The Bertz CT molecular complexity index is 843. The molecule has 32 heavy (non-hydrogen) atoms. The molecule has 0 bridgehead atoms. The maximum atomic E-state index is 13.9. The number of aliphatic hydroxyl groups is 2. The third-order valence-corrected chi connectivity index (χ3v) is 11.2. The van der Waals surface area contributed by atoms with Crippen molar-refractivity contribution in [2.24, 2.45) is 46.3 Å². The highest BCUT2D eigenvalue weighted by Gasteiger charge is 2.70. The van der Waals surface area contributed by atoms with Crippen LogP contribution in [-0.4, -0.2) is 46.7 Å². The summed E-state index contributed by atoms with van der Waals surface area (Å²) < 4.78 is 13.1. The van der Waals surface area contributed by atoms with E-state index in [1.807, 2.05) is 6.08 Å². The van der Waals surface area contributed by atoms with E-state index in [0.29, 0.717) is 36.5 Å². The first-order valence-corrected chi connectivity index (χ1v) is 13.0. The number of ether oxygens (including phenoxy) is 2. The van der Waals surface area contributed by atoms with Crippen LogP contribution < -0.4 is 0 Å². The Morgan fingerprint density at radius 1 is 1.06 bits per heavy atom. The van der Waals surface area contributed by atoms with Crippen molar-refractivity contribution < 1.29 is 24.5 Å². The topological polar surface area (TPSA) is 76.0 Å². The minimum atomic E-state index is -0.698. The highest BCUT2D eigenvalue weighted by atomic mass is 16.7. The molecule has 6 aliphatic rings. The van der Waals surface area contributed by atoms with E-state index in [1.165, 1.54) is 5.57 Å². The van der Waals surface area contributed by atoms with Crippen LogP contribution in [-0.2, 0) is 14.3 Å². The fourth-order valence-corrected chi connectivity index (χ4v) is 9.32. The fourth-order valence-electron chi connectivity index (χ4n) is 9.32. The number of fused-ring (bicyclic) bond motifs is 7. The first-order chi connectivity index (χ1) is 15.1. The standard InChI is InChI=1S/C27H40O5/c1-14-7-8-27(31-13-14)15(2)24-22(32-27)10-19-17-6-5-16-9-20(28)21(29)12-25(16,3)18(17)11-23(30)26(19,24)4/h11,14-17,19-22,24,28-29H,5-10,12-13H2,1-4H3/t14-,15+,16+,17?,19?,20-,21-,22?,24?,25+,26-,27-/m1/s1. The lowest BCUT2D eigenvalue weighted by Crippen LogP contribution is -2.55. The molecule has 2 saturated heterocycles. The van der Waals surface area contributed by atoms with Gasteiger partial charge in [-0.3, -0.25) is 4.79 Å². The van der Waals surface area contributed by atoms with E-state index in [1.54, 1.807) is 0 Å². The summed E-state index contributed by atoms with van der Waals surface area (Å²) in [5.74, 6) is 1.77. The monoisotopic (exact) mass is 444 g/mol. The minimum Gasteiger partial charge on any atom is -0.390 e. The van der Waals surface area contributed by atoms with Crippen LogP contribution in [0.15, 0.2) is 11.6 Å². The van der Waals surface area contributed by atoms with Crippen LogP contribution in [0.25, 0.3) is 0 Å². The van der Waals surface area contributed by atoms with Crippen molar-refractivity contribution in [3.8, 4) is 0 Å². The molecule has 4 aliphatic carbocycles. The van der Waals surface area contributed by atoms with E-state index in [9.17, 15) is 15.0 Å². The molecular weight excluding hydrogens is 404 g/mol. The molecule has 5 fully saturated rings. The average Bonchev–Trinajstić information content (AvgIpc) is 3.19. The number of aliphatic hydroxyl groups excluding tert-OH is 2. The molecule has 2 heterocycles. The number of hydrogen-bond donors (Lipinski definition) is 2. The van der Waals surface area contributed by atoms with Crippen LogP contribution in [0.4, 0.5) is 0 Å². The van der Waals surface area contributed by atoms with Gasteiger partial charge in [0.05, 0.1) is 24.9 Å². The summed E-state index contributed by atoms with van der Waals surface area (Å²) in [6.07, 6.45) is 7.09. The Labute approximate surface area is 191 Å². The van der Waals surface area contributed by atoms with Crippen molar-refractivity contribution in [2.75, 3.05) is 6.61 Å². The zero-order valence-corrected chi connectivity index (χ0v) is 20.0. The van der Waals surface area contributed by atoms with Crippen molar-refractivity contribution in [2.45, 2.75) is 96.7 Å².